The van der Waals surface area contributed by atoms with Crippen molar-refractivity contribution >= 4 is 27.9 Å². The van der Waals surface area contributed by atoms with Gasteiger partial charge in [-0.3, -0.25) is 0 Å². The zero-order valence-corrected chi connectivity index (χ0v) is 11.6. The van der Waals surface area contributed by atoms with E-state index < -0.39 is 22.9 Å². The number of hydrogen-bond acceptors (Lipinski definition) is 2. The van der Waals surface area contributed by atoms with Crippen LogP contribution in [0.2, 0.25) is 0 Å². The number of fused-ring (bicyclic) bond motifs is 1. The summed E-state index contributed by atoms with van der Waals surface area (Å²) in [7, 11) is -3.56. The molecule has 110 valence electrons. The fourth-order valence-corrected chi connectivity index (χ4v) is 2.91. The van der Waals surface area contributed by atoms with Crippen molar-refractivity contribution in [2.24, 2.45) is 0 Å². The van der Waals surface area contributed by atoms with Gasteiger partial charge in [0.1, 0.15) is 0 Å². The predicted molar refractivity (Wildman–Crippen MR) is 71.6 cm³/mol. The van der Waals surface area contributed by atoms with E-state index in [0.717, 1.165) is 10.2 Å². The molecule has 1 heterocycles. The number of aromatic nitrogens is 1. The molecule has 0 aliphatic carbocycles. The summed E-state index contributed by atoms with van der Waals surface area (Å²) in [6.07, 6.45) is 1.94. The third kappa shape index (κ3) is 2.83. The molecule has 0 radical (unpaired) electrons. The number of benzene rings is 1. The molecule has 1 unspecified atom stereocenters. The van der Waals surface area contributed by atoms with Crippen LogP contribution in [-0.2, 0) is 16.4 Å². The minimum Gasteiger partial charge on any atom is -0.445 e. The number of halogens is 3. The third-order valence-corrected chi connectivity index (χ3v) is 4.15. The Morgan fingerprint density at radius 2 is 1.90 bits per heavy atom. The summed E-state index contributed by atoms with van der Waals surface area (Å²) in [4.78, 5) is 0. The molecule has 2 rings (SSSR count). The average Bonchev–Trinajstić information content (AvgIpc) is 2.67. The third-order valence-electron chi connectivity index (χ3n) is 3.13. The van der Waals surface area contributed by atoms with Gasteiger partial charge in [-0.2, -0.15) is 0 Å². The maximum atomic E-state index is 12.7. The van der Waals surface area contributed by atoms with E-state index in [1.54, 1.807) is 24.3 Å². The van der Waals surface area contributed by atoms with Crippen LogP contribution in [0.3, 0.4) is 0 Å². The summed E-state index contributed by atoms with van der Waals surface area (Å²) in [5, 5.41) is 0.506. The standard InChI is InChI=1S/C11H13BF3N2O2S/c1-20(18,19)17-7-8(6-11(16)12(13,14)15)9-4-2-3-5-10(9)17/h2-5,7,11H,6,16H2,1H3/q-1/p+1. The van der Waals surface area contributed by atoms with Gasteiger partial charge in [0.2, 0.25) is 10.0 Å². The second-order valence-electron chi connectivity index (χ2n) is 4.82. The van der Waals surface area contributed by atoms with Crippen LogP contribution in [-0.4, -0.2) is 31.6 Å². The number of hydrogen-bond donors (Lipinski definition) is 1. The van der Waals surface area contributed by atoms with E-state index in [4.69, 9.17) is 0 Å². The number of quaternary nitrogens is 1. The topological polar surface area (TPSA) is 66.7 Å². The minimum absolute atomic E-state index is 0.327. The van der Waals surface area contributed by atoms with E-state index in [1.165, 1.54) is 6.20 Å². The first-order valence-corrected chi connectivity index (χ1v) is 7.78. The van der Waals surface area contributed by atoms with Crippen LogP contribution in [0.1, 0.15) is 5.56 Å². The molecule has 0 bridgehead atoms. The van der Waals surface area contributed by atoms with Gasteiger partial charge in [-0.05, 0) is 11.6 Å². The monoisotopic (exact) mass is 306 g/mol. The van der Waals surface area contributed by atoms with Crippen LogP contribution in [0.5, 0.6) is 0 Å². The van der Waals surface area contributed by atoms with Crippen molar-refractivity contribution in [3.05, 3.63) is 36.0 Å². The Bertz CT molecular complexity index is 740. The molecule has 1 atom stereocenters. The van der Waals surface area contributed by atoms with Gasteiger partial charge in [0.05, 0.1) is 17.7 Å². The number of rotatable bonds is 4. The average molecular weight is 306 g/mol. The molecule has 0 saturated heterocycles. The maximum Gasteiger partial charge on any atom is 0.535 e. The Morgan fingerprint density at radius 3 is 2.45 bits per heavy atom. The molecule has 0 aliphatic rings. The molecule has 2 aromatic rings. The Morgan fingerprint density at radius 1 is 1.30 bits per heavy atom. The van der Waals surface area contributed by atoms with Gasteiger partial charge in [-0.25, -0.2) is 12.4 Å². The summed E-state index contributed by atoms with van der Waals surface area (Å²) in [5.41, 5.74) is 3.85. The Hall–Kier alpha value is -1.48. The second-order valence-corrected chi connectivity index (χ2v) is 6.68. The Labute approximate surface area is 114 Å². The molecule has 0 fully saturated rings. The van der Waals surface area contributed by atoms with Gasteiger partial charge < -0.3 is 18.7 Å². The molecule has 9 heteroatoms. The van der Waals surface area contributed by atoms with Crippen LogP contribution < -0.4 is 5.73 Å². The molecule has 20 heavy (non-hydrogen) atoms. The Kier molecular flexibility index (Phi) is 3.59. The lowest BCUT2D eigenvalue weighted by Gasteiger charge is -2.18. The van der Waals surface area contributed by atoms with Crippen molar-refractivity contribution in [2.75, 3.05) is 6.26 Å². The maximum absolute atomic E-state index is 12.7. The van der Waals surface area contributed by atoms with Crippen molar-refractivity contribution in [1.82, 2.24) is 3.97 Å². The summed E-state index contributed by atoms with van der Waals surface area (Å²) in [6, 6.07) is 6.48. The molecule has 0 aliphatic heterocycles. The summed E-state index contributed by atoms with van der Waals surface area (Å²) < 4.78 is 62.3. The highest BCUT2D eigenvalue weighted by Gasteiger charge is 2.36. The lowest BCUT2D eigenvalue weighted by atomic mass is 9.76. The zero-order chi connectivity index (χ0) is 15.1. The highest BCUT2D eigenvalue weighted by Crippen LogP contribution is 2.25. The summed E-state index contributed by atoms with van der Waals surface area (Å²) in [6.45, 7) is -5.05. The predicted octanol–water partition coefficient (Wildman–Crippen LogP) is 0.989. The van der Waals surface area contributed by atoms with Crippen LogP contribution in [0.15, 0.2) is 30.5 Å². The lowest BCUT2D eigenvalue weighted by Crippen LogP contribution is -2.71. The molecule has 1 aromatic carbocycles. The SMILES string of the molecule is CS(=O)(=O)n1cc(CC([NH3+])[B-](F)(F)F)c2ccccc21. The fraction of sp³-hybridized carbons (Fsp3) is 0.273. The number of para-hydroxylation sites is 1. The molecule has 0 amide bonds. The quantitative estimate of drug-likeness (QED) is 0.856. The fourth-order valence-electron chi connectivity index (χ4n) is 2.07. The minimum atomic E-state index is -5.05. The number of nitrogens with zero attached hydrogens (tertiary/aromatic N) is 1. The molecule has 1 aromatic heterocycles. The first kappa shape index (κ1) is 14.9. The second kappa shape index (κ2) is 4.82. The van der Waals surface area contributed by atoms with Crippen LogP contribution in [0.25, 0.3) is 10.9 Å². The van der Waals surface area contributed by atoms with Crippen molar-refractivity contribution < 1.29 is 27.1 Å². The Balaban J connectivity index is 2.56. The summed E-state index contributed by atoms with van der Waals surface area (Å²) in [5.74, 6) is -1.71. The molecular weight excluding hydrogens is 292 g/mol. The normalized spacial score (nSPS) is 14.7. The molecular formula is C11H14BF3N2O2S. The van der Waals surface area contributed by atoms with Gasteiger partial charge in [0, 0.05) is 18.0 Å². The van der Waals surface area contributed by atoms with Crippen molar-refractivity contribution in [3.8, 4) is 0 Å². The zero-order valence-electron chi connectivity index (χ0n) is 10.8. The van der Waals surface area contributed by atoms with Crippen molar-refractivity contribution in [3.63, 3.8) is 0 Å². The molecule has 0 spiro atoms. The molecule has 4 nitrogen and oxygen atoms in total. The van der Waals surface area contributed by atoms with Crippen LogP contribution in [0, 0.1) is 0 Å². The van der Waals surface area contributed by atoms with Gasteiger partial charge in [-0.15, -0.1) is 0 Å². The first-order chi connectivity index (χ1) is 9.10. The van der Waals surface area contributed by atoms with Gasteiger partial charge >= 0.3 is 6.98 Å². The van der Waals surface area contributed by atoms with E-state index in [-0.39, 0.29) is 6.42 Å². The van der Waals surface area contributed by atoms with Crippen molar-refractivity contribution in [1.29, 1.82) is 0 Å². The van der Waals surface area contributed by atoms with Gasteiger partial charge in [-0.1, -0.05) is 18.2 Å². The van der Waals surface area contributed by atoms with E-state index in [1.807, 2.05) is 0 Å². The van der Waals surface area contributed by atoms with Crippen LogP contribution >= 0.6 is 0 Å². The van der Waals surface area contributed by atoms with E-state index in [9.17, 15) is 21.4 Å². The summed E-state index contributed by atoms with van der Waals surface area (Å²) >= 11 is 0. The van der Waals surface area contributed by atoms with Crippen LogP contribution in [0.4, 0.5) is 12.9 Å². The van der Waals surface area contributed by atoms with E-state index in [0.29, 0.717) is 16.5 Å². The smallest absolute Gasteiger partial charge is 0.445 e. The molecule has 0 saturated carbocycles. The van der Waals surface area contributed by atoms with Gasteiger partial charge in [0.15, 0.2) is 0 Å². The largest absolute Gasteiger partial charge is 0.535 e. The molecule has 3 N–H and O–H groups in total. The first-order valence-electron chi connectivity index (χ1n) is 5.93. The van der Waals surface area contributed by atoms with Gasteiger partial charge in [0.25, 0.3) is 0 Å². The van der Waals surface area contributed by atoms with E-state index in [2.05, 4.69) is 5.73 Å². The highest BCUT2D eigenvalue weighted by atomic mass is 32.2. The van der Waals surface area contributed by atoms with E-state index >= 15 is 0 Å². The van der Waals surface area contributed by atoms with Crippen molar-refractivity contribution in [2.45, 2.75) is 12.4 Å². The lowest BCUT2D eigenvalue weighted by molar-refractivity contribution is -0.399. The highest BCUT2D eigenvalue weighted by molar-refractivity contribution is 7.89.